The first-order valence-corrected chi connectivity index (χ1v) is 7.12. The lowest BCUT2D eigenvalue weighted by atomic mass is 10.2. The van der Waals surface area contributed by atoms with Crippen LogP contribution < -0.4 is 5.32 Å². The Morgan fingerprint density at radius 2 is 1.63 bits per heavy atom. The molecule has 0 saturated carbocycles. The van der Waals surface area contributed by atoms with E-state index >= 15 is 0 Å². The summed E-state index contributed by atoms with van der Waals surface area (Å²) in [7, 11) is 0. The molecule has 6 heteroatoms. The van der Waals surface area contributed by atoms with E-state index in [1.165, 1.54) is 0 Å². The standard InChI is InChI=1S/C13H7BrCl3NO/c14-11-8(15)4-2-6-10(11)18-13(19)7-3-1-5-9(16)12(7)17/h1-6H,(H,18,19). The van der Waals surface area contributed by atoms with E-state index < -0.39 is 0 Å². The van der Waals surface area contributed by atoms with E-state index in [2.05, 4.69) is 21.2 Å². The first kappa shape index (κ1) is 14.7. The minimum absolute atomic E-state index is 0.222. The van der Waals surface area contributed by atoms with Crippen molar-refractivity contribution in [1.82, 2.24) is 0 Å². The second kappa shape index (κ2) is 6.14. The van der Waals surface area contributed by atoms with Crippen molar-refractivity contribution in [2.45, 2.75) is 0 Å². The molecule has 2 rings (SSSR count). The van der Waals surface area contributed by atoms with Crippen molar-refractivity contribution in [1.29, 1.82) is 0 Å². The molecule has 0 aliphatic rings. The van der Waals surface area contributed by atoms with E-state index in [1.807, 2.05) is 0 Å². The second-order valence-corrected chi connectivity index (χ2v) is 5.64. The molecule has 0 aliphatic heterocycles. The minimum atomic E-state index is -0.351. The molecule has 2 aromatic rings. The fourth-order valence-corrected chi connectivity index (χ4v) is 2.39. The van der Waals surface area contributed by atoms with Gasteiger partial charge in [-0.15, -0.1) is 0 Å². The summed E-state index contributed by atoms with van der Waals surface area (Å²) in [6.07, 6.45) is 0. The molecule has 0 radical (unpaired) electrons. The van der Waals surface area contributed by atoms with Gasteiger partial charge in [-0.25, -0.2) is 0 Å². The zero-order chi connectivity index (χ0) is 14.0. The van der Waals surface area contributed by atoms with Gasteiger partial charge in [-0.3, -0.25) is 4.79 Å². The molecule has 0 saturated heterocycles. The van der Waals surface area contributed by atoms with Gasteiger partial charge in [0.1, 0.15) is 0 Å². The lowest BCUT2D eigenvalue weighted by molar-refractivity contribution is 0.102. The van der Waals surface area contributed by atoms with Gasteiger partial charge in [-0.1, -0.05) is 46.9 Å². The molecule has 2 aromatic carbocycles. The highest BCUT2D eigenvalue weighted by molar-refractivity contribution is 9.10. The Labute approximate surface area is 133 Å². The molecule has 2 nitrogen and oxygen atoms in total. The van der Waals surface area contributed by atoms with E-state index in [4.69, 9.17) is 34.8 Å². The van der Waals surface area contributed by atoms with Crippen LogP contribution >= 0.6 is 50.7 Å². The van der Waals surface area contributed by atoms with Crippen LogP contribution in [-0.2, 0) is 0 Å². The fraction of sp³-hybridized carbons (Fsp3) is 0. The summed E-state index contributed by atoms with van der Waals surface area (Å²) < 4.78 is 0.614. The summed E-state index contributed by atoms with van der Waals surface area (Å²) in [5.41, 5.74) is 0.870. The van der Waals surface area contributed by atoms with Gasteiger partial charge in [0.15, 0.2) is 0 Å². The second-order valence-electron chi connectivity index (χ2n) is 3.66. The van der Waals surface area contributed by atoms with Gasteiger partial charge in [0.05, 0.1) is 30.8 Å². The van der Waals surface area contributed by atoms with Crippen LogP contribution in [0.25, 0.3) is 0 Å². The average molecular weight is 379 g/mol. The summed E-state index contributed by atoms with van der Waals surface area (Å²) in [5, 5.41) is 3.79. The zero-order valence-electron chi connectivity index (χ0n) is 9.38. The predicted molar refractivity (Wildman–Crippen MR) is 83.6 cm³/mol. The van der Waals surface area contributed by atoms with Gasteiger partial charge in [-0.05, 0) is 40.2 Å². The monoisotopic (exact) mass is 377 g/mol. The number of hydrogen-bond acceptors (Lipinski definition) is 1. The predicted octanol–water partition coefficient (Wildman–Crippen LogP) is 5.66. The molecule has 0 spiro atoms. The highest BCUT2D eigenvalue weighted by Crippen LogP contribution is 2.31. The molecular weight excluding hydrogens is 372 g/mol. The van der Waals surface area contributed by atoms with Crippen LogP contribution in [0.1, 0.15) is 10.4 Å². The average Bonchev–Trinajstić information content (AvgIpc) is 2.38. The molecule has 98 valence electrons. The minimum Gasteiger partial charge on any atom is -0.321 e. The molecule has 0 atom stereocenters. The molecule has 0 fully saturated rings. The van der Waals surface area contributed by atoms with Gasteiger partial charge >= 0.3 is 0 Å². The maximum atomic E-state index is 12.1. The third-order valence-electron chi connectivity index (χ3n) is 2.40. The molecule has 1 N–H and O–H groups in total. The van der Waals surface area contributed by atoms with Crippen molar-refractivity contribution in [3.8, 4) is 0 Å². The number of rotatable bonds is 2. The summed E-state index contributed by atoms with van der Waals surface area (Å²) in [6, 6.07) is 10.1. The number of anilines is 1. The third-order valence-corrected chi connectivity index (χ3v) is 4.61. The topological polar surface area (TPSA) is 29.1 Å². The maximum Gasteiger partial charge on any atom is 0.257 e. The molecule has 0 aliphatic carbocycles. The highest BCUT2D eigenvalue weighted by Gasteiger charge is 2.14. The molecule has 0 bridgehead atoms. The number of amides is 1. The van der Waals surface area contributed by atoms with Crippen LogP contribution in [0.3, 0.4) is 0 Å². The van der Waals surface area contributed by atoms with Gasteiger partial charge in [-0.2, -0.15) is 0 Å². The van der Waals surface area contributed by atoms with E-state index in [1.54, 1.807) is 36.4 Å². The zero-order valence-corrected chi connectivity index (χ0v) is 13.2. The lowest BCUT2D eigenvalue weighted by Crippen LogP contribution is -2.13. The van der Waals surface area contributed by atoms with Crippen LogP contribution in [0.2, 0.25) is 15.1 Å². The Morgan fingerprint density at radius 3 is 2.37 bits per heavy atom. The Kier molecular flexibility index (Phi) is 4.74. The quantitative estimate of drug-likeness (QED) is 0.716. The summed E-state index contributed by atoms with van der Waals surface area (Å²) in [5.74, 6) is -0.351. The van der Waals surface area contributed by atoms with E-state index in [0.29, 0.717) is 25.8 Å². The summed E-state index contributed by atoms with van der Waals surface area (Å²) >= 11 is 21.1. The number of carbonyl (C=O) groups is 1. The van der Waals surface area contributed by atoms with Gasteiger partial charge in [0, 0.05) is 0 Å². The van der Waals surface area contributed by atoms with Crippen molar-refractivity contribution in [3.63, 3.8) is 0 Å². The third kappa shape index (κ3) is 3.23. The molecule has 0 unspecified atom stereocenters. The lowest BCUT2D eigenvalue weighted by Gasteiger charge is -2.09. The highest BCUT2D eigenvalue weighted by atomic mass is 79.9. The Morgan fingerprint density at radius 1 is 1.00 bits per heavy atom. The number of benzene rings is 2. The first-order chi connectivity index (χ1) is 9.00. The van der Waals surface area contributed by atoms with Gasteiger partial charge in [0.25, 0.3) is 5.91 Å². The number of nitrogens with one attached hydrogen (secondary N) is 1. The van der Waals surface area contributed by atoms with Crippen LogP contribution in [0.15, 0.2) is 40.9 Å². The maximum absolute atomic E-state index is 12.1. The van der Waals surface area contributed by atoms with Crippen molar-refractivity contribution in [2.24, 2.45) is 0 Å². The van der Waals surface area contributed by atoms with E-state index in [9.17, 15) is 4.79 Å². The number of hydrogen-bond donors (Lipinski definition) is 1. The number of halogens is 4. The van der Waals surface area contributed by atoms with Crippen molar-refractivity contribution >= 4 is 62.3 Å². The van der Waals surface area contributed by atoms with Crippen molar-refractivity contribution in [2.75, 3.05) is 5.32 Å². The van der Waals surface area contributed by atoms with Gasteiger partial charge in [0.2, 0.25) is 0 Å². The molecule has 0 heterocycles. The fourth-order valence-electron chi connectivity index (χ4n) is 1.47. The Balaban J connectivity index is 2.31. The smallest absolute Gasteiger partial charge is 0.257 e. The summed E-state index contributed by atoms with van der Waals surface area (Å²) in [6.45, 7) is 0. The van der Waals surface area contributed by atoms with Crippen LogP contribution in [-0.4, -0.2) is 5.91 Å². The van der Waals surface area contributed by atoms with Crippen LogP contribution in [0.4, 0.5) is 5.69 Å². The van der Waals surface area contributed by atoms with E-state index in [-0.39, 0.29) is 10.9 Å². The van der Waals surface area contributed by atoms with Gasteiger partial charge < -0.3 is 5.32 Å². The normalized spacial score (nSPS) is 10.3. The molecule has 19 heavy (non-hydrogen) atoms. The van der Waals surface area contributed by atoms with Crippen molar-refractivity contribution < 1.29 is 4.79 Å². The van der Waals surface area contributed by atoms with E-state index in [0.717, 1.165) is 0 Å². The summed E-state index contributed by atoms with van der Waals surface area (Å²) in [4.78, 5) is 12.1. The largest absolute Gasteiger partial charge is 0.321 e. The van der Waals surface area contributed by atoms with Crippen molar-refractivity contribution in [3.05, 3.63) is 61.5 Å². The Bertz CT molecular complexity index is 646. The number of carbonyl (C=O) groups excluding carboxylic acids is 1. The van der Waals surface area contributed by atoms with Crippen LogP contribution in [0, 0.1) is 0 Å². The first-order valence-electron chi connectivity index (χ1n) is 5.20. The Hall–Kier alpha value is -0.740. The SMILES string of the molecule is O=C(Nc1cccc(Cl)c1Br)c1cccc(Cl)c1Cl. The van der Waals surface area contributed by atoms with Crippen LogP contribution in [0.5, 0.6) is 0 Å². The molecule has 1 amide bonds. The molecular formula is C13H7BrCl3NO. The molecule has 0 aromatic heterocycles.